The minimum Gasteiger partial charge on any atom is -0.371 e. The van der Waals surface area contributed by atoms with E-state index in [0.29, 0.717) is 22.4 Å². The summed E-state index contributed by atoms with van der Waals surface area (Å²) in [5.41, 5.74) is 1.68. The third-order valence-corrected chi connectivity index (χ3v) is 3.62. The maximum Gasteiger partial charge on any atom is 0.101 e. The van der Waals surface area contributed by atoms with Crippen LogP contribution in [-0.4, -0.2) is 13.1 Å². The van der Waals surface area contributed by atoms with Crippen molar-refractivity contribution in [3.63, 3.8) is 0 Å². The van der Waals surface area contributed by atoms with Gasteiger partial charge in [0.15, 0.2) is 0 Å². The third-order valence-electron chi connectivity index (χ3n) is 3.31. The molecule has 0 amide bonds. The molecule has 1 fully saturated rings. The van der Waals surface area contributed by atoms with Crippen molar-refractivity contribution in [3.8, 4) is 6.07 Å². The molecule has 90 valence electrons. The number of benzene rings is 1. The zero-order valence-electron chi connectivity index (χ0n) is 10.3. The van der Waals surface area contributed by atoms with Crippen molar-refractivity contribution in [2.45, 2.75) is 20.3 Å². The molecule has 1 aliphatic heterocycles. The van der Waals surface area contributed by atoms with Crippen molar-refractivity contribution < 1.29 is 0 Å². The quantitative estimate of drug-likeness (QED) is 0.758. The van der Waals surface area contributed by atoms with Gasteiger partial charge in [0.1, 0.15) is 6.07 Å². The number of hydrogen-bond acceptors (Lipinski definition) is 2. The maximum absolute atomic E-state index is 8.86. The molecule has 0 saturated carbocycles. The molecule has 0 spiro atoms. The lowest BCUT2D eigenvalue weighted by Crippen LogP contribution is -2.38. The van der Waals surface area contributed by atoms with Crippen LogP contribution in [0.15, 0.2) is 18.2 Å². The first-order valence-corrected chi connectivity index (χ1v) is 6.42. The van der Waals surface area contributed by atoms with Crippen molar-refractivity contribution in [2.24, 2.45) is 11.8 Å². The van der Waals surface area contributed by atoms with Crippen LogP contribution < -0.4 is 4.90 Å². The van der Waals surface area contributed by atoms with Gasteiger partial charge >= 0.3 is 0 Å². The van der Waals surface area contributed by atoms with Crippen LogP contribution in [-0.2, 0) is 0 Å². The van der Waals surface area contributed by atoms with E-state index in [1.165, 1.54) is 6.42 Å². The number of rotatable bonds is 1. The van der Waals surface area contributed by atoms with Gasteiger partial charge in [0.2, 0.25) is 0 Å². The molecule has 0 radical (unpaired) electrons. The molecule has 1 aromatic rings. The van der Waals surface area contributed by atoms with Crippen LogP contribution in [0, 0.1) is 23.2 Å². The Morgan fingerprint density at radius 1 is 1.29 bits per heavy atom. The van der Waals surface area contributed by atoms with Crippen LogP contribution >= 0.6 is 11.6 Å². The predicted octanol–water partition coefficient (Wildman–Crippen LogP) is 3.69. The smallest absolute Gasteiger partial charge is 0.101 e. The number of nitriles is 1. The lowest BCUT2D eigenvalue weighted by atomic mass is 9.91. The number of nitrogens with zero attached hydrogens (tertiary/aromatic N) is 2. The molecule has 2 atom stereocenters. The minimum atomic E-state index is 0.550. The largest absolute Gasteiger partial charge is 0.371 e. The van der Waals surface area contributed by atoms with Crippen LogP contribution in [0.1, 0.15) is 25.8 Å². The van der Waals surface area contributed by atoms with Crippen LogP contribution in [0.4, 0.5) is 5.69 Å². The molecule has 0 aromatic heterocycles. The normalized spacial score (nSPS) is 24.5. The molecular weight excluding hydrogens is 232 g/mol. The van der Waals surface area contributed by atoms with Crippen molar-refractivity contribution >= 4 is 17.3 Å². The Balaban J connectivity index is 2.22. The first-order valence-electron chi connectivity index (χ1n) is 6.04. The highest BCUT2D eigenvalue weighted by Gasteiger charge is 2.22. The number of piperidine rings is 1. The molecular formula is C14H17ClN2. The topological polar surface area (TPSA) is 27.0 Å². The summed E-state index contributed by atoms with van der Waals surface area (Å²) in [7, 11) is 0. The molecule has 1 aliphatic rings. The summed E-state index contributed by atoms with van der Waals surface area (Å²) in [5, 5.41) is 9.41. The first-order chi connectivity index (χ1) is 8.10. The molecule has 0 N–H and O–H groups in total. The van der Waals surface area contributed by atoms with Crippen molar-refractivity contribution in [1.29, 1.82) is 5.26 Å². The van der Waals surface area contributed by atoms with Crippen molar-refractivity contribution in [2.75, 3.05) is 18.0 Å². The second-order valence-electron chi connectivity index (χ2n) is 5.13. The summed E-state index contributed by atoms with van der Waals surface area (Å²) in [6.45, 7) is 6.72. The first kappa shape index (κ1) is 12.3. The Kier molecular flexibility index (Phi) is 3.59. The molecule has 0 bridgehead atoms. The van der Waals surface area contributed by atoms with Gasteiger partial charge in [-0.1, -0.05) is 25.4 Å². The fraction of sp³-hybridized carbons (Fsp3) is 0.500. The van der Waals surface area contributed by atoms with E-state index >= 15 is 0 Å². The highest BCUT2D eigenvalue weighted by Crippen LogP contribution is 2.29. The van der Waals surface area contributed by atoms with Crippen LogP contribution in [0.25, 0.3) is 0 Å². The van der Waals surface area contributed by atoms with E-state index in [1.54, 1.807) is 0 Å². The molecule has 0 aliphatic carbocycles. The summed E-state index contributed by atoms with van der Waals surface area (Å²) in [6, 6.07) is 7.80. The minimum absolute atomic E-state index is 0.550. The van der Waals surface area contributed by atoms with Gasteiger partial charge in [-0.15, -0.1) is 0 Å². The van der Waals surface area contributed by atoms with E-state index in [2.05, 4.69) is 24.8 Å². The van der Waals surface area contributed by atoms with Crippen molar-refractivity contribution in [3.05, 3.63) is 28.8 Å². The monoisotopic (exact) mass is 248 g/mol. The van der Waals surface area contributed by atoms with Gasteiger partial charge in [0.05, 0.1) is 10.6 Å². The van der Waals surface area contributed by atoms with Gasteiger partial charge < -0.3 is 4.90 Å². The highest BCUT2D eigenvalue weighted by molar-refractivity contribution is 6.32. The molecule has 2 rings (SSSR count). The van der Waals surface area contributed by atoms with Crippen LogP contribution in [0.3, 0.4) is 0 Å². The van der Waals surface area contributed by atoms with Gasteiger partial charge in [-0.05, 0) is 36.5 Å². The highest BCUT2D eigenvalue weighted by atomic mass is 35.5. The molecule has 17 heavy (non-hydrogen) atoms. The Morgan fingerprint density at radius 3 is 2.47 bits per heavy atom. The summed E-state index contributed by atoms with van der Waals surface area (Å²) in [4.78, 5) is 2.37. The fourth-order valence-electron chi connectivity index (χ4n) is 2.67. The SMILES string of the molecule is CC1CC(C)CN(c2ccc(C#N)c(Cl)c2)C1. The van der Waals surface area contributed by atoms with E-state index in [4.69, 9.17) is 16.9 Å². The van der Waals surface area contributed by atoms with E-state index in [0.717, 1.165) is 18.8 Å². The van der Waals surface area contributed by atoms with Gasteiger partial charge in [-0.2, -0.15) is 5.26 Å². The van der Waals surface area contributed by atoms with Gasteiger partial charge in [-0.3, -0.25) is 0 Å². The van der Waals surface area contributed by atoms with E-state index in [9.17, 15) is 0 Å². The van der Waals surface area contributed by atoms with Gasteiger partial charge in [0, 0.05) is 18.8 Å². The van der Waals surface area contributed by atoms with Crippen LogP contribution in [0.2, 0.25) is 5.02 Å². The molecule has 1 heterocycles. The number of anilines is 1. The second-order valence-corrected chi connectivity index (χ2v) is 5.53. The summed E-state index contributed by atoms with van der Waals surface area (Å²) >= 11 is 6.07. The second kappa shape index (κ2) is 4.98. The zero-order chi connectivity index (χ0) is 12.4. The third kappa shape index (κ3) is 2.73. The zero-order valence-corrected chi connectivity index (χ0v) is 11.0. The Bertz CT molecular complexity index is 440. The summed E-state index contributed by atoms with van der Waals surface area (Å²) in [5.74, 6) is 1.43. The fourth-order valence-corrected chi connectivity index (χ4v) is 2.88. The molecule has 3 heteroatoms. The van der Waals surface area contributed by atoms with Gasteiger partial charge in [-0.25, -0.2) is 0 Å². The van der Waals surface area contributed by atoms with E-state index in [-0.39, 0.29) is 0 Å². The Morgan fingerprint density at radius 2 is 1.94 bits per heavy atom. The van der Waals surface area contributed by atoms with Crippen LogP contribution in [0.5, 0.6) is 0 Å². The van der Waals surface area contributed by atoms with E-state index in [1.807, 2.05) is 18.2 Å². The molecule has 2 unspecified atom stereocenters. The molecule has 1 aromatic carbocycles. The number of hydrogen-bond donors (Lipinski definition) is 0. The average molecular weight is 249 g/mol. The Hall–Kier alpha value is -1.20. The Labute approximate surface area is 108 Å². The lowest BCUT2D eigenvalue weighted by Gasteiger charge is -2.36. The van der Waals surface area contributed by atoms with E-state index < -0.39 is 0 Å². The average Bonchev–Trinajstić information content (AvgIpc) is 2.27. The summed E-state index contributed by atoms with van der Waals surface area (Å²) in [6.07, 6.45) is 1.29. The molecule has 1 saturated heterocycles. The lowest BCUT2D eigenvalue weighted by molar-refractivity contribution is 0.357. The molecule has 2 nitrogen and oxygen atoms in total. The predicted molar refractivity (Wildman–Crippen MR) is 71.3 cm³/mol. The summed E-state index contributed by atoms with van der Waals surface area (Å²) < 4.78 is 0. The standard InChI is InChI=1S/C14H17ClN2/c1-10-5-11(2)9-17(8-10)13-4-3-12(7-16)14(15)6-13/h3-4,6,10-11H,5,8-9H2,1-2H3. The van der Waals surface area contributed by atoms with Crippen molar-refractivity contribution in [1.82, 2.24) is 0 Å². The van der Waals surface area contributed by atoms with Gasteiger partial charge in [0.25, 0.3) is 0 Å². The number of halogens is 1. The maximum atomic E-state index is 8.86.